The predicted octanol–water partition coefficient (Wildman–Crippen LogP) is 1.63. The summed E-state index contributed by atoms with van der Waals surface area (Å²) in [5.41, 5.74) is 1.13. The Bertz CT molecular complexity index is 428. The van der Waals surface area contributed by atoms with E-state index in [4.69, 9.17) is 4.74 Å². The monoisotopic (exact) mass is 262 g/mol. The molecule has 1 heterocycles. The molecule has 104 valence electrons. The maximum atomic E-state index is 12.0. The molecular weight excluding hydrogens is 240 g/mol. The van der Waals surface area contributed by atoms with E-state index in [1.807, 2.05) is 31.2 Å². The third-order valence-corrected chi connectivity index (χ3v) is 3.31. The van der Waals surface area contributed by atoms with Gasteiger partial charge < -0.3 is 15.4 Å². The van der Waals surface area contributed by atoms with Crippen molar-refractivity contribution in [1.29, 1.82) is 0 Å². The number of carbonyl (C=O) groups excluding carboxylic acids is 1. The van der Waals surface area contributed by atoms with Crippen LogP contribution in [0.2, 0.25) is 0 Å². The molecule has 1 fully saturated rings. The van der Waals surface area contributed by atoms with Crippen LogP contribution in [0, 0.1) is 6.92 Å². The predicted molar refractivity (Wildman–Crippen MR) is 75.3 cm³/mol. The maximum Gasteiger partial charge on any atom is 0.261 e. The molecule has 1 saturated heterocycles. The molecule has 2 rings (SSSR count). The molecule has 1 amide bonds. The fourth-order valence-electron chi connectivity index (χ4n) is 2.24. The summed E-state index contributed by atoms with van der Waals surface area (Å²) in [6, 6.07) is 7.97. The van der Waals surface area contributed by atoms with Gasteiger partial charge in [0.1, 0.15) is 5.75 Å². The zero-order valence-electron chi connectivity index (χ0n) is 11.6. The maximum absolute atomic E-state index is 12.0. The second kappa shape index (κ2) is 6.57. The Kier molecular flexibility index (Phi) is 4.80. The first-order valence-electron chi connectivity index (χ1n) is 6.89. The van der Waals surface area contributed by atoms with Crippen molar-refractivity contribution < 1.29 is 9.53 Å². The average molecular weight is 262 g/mol. The topological polar surface area (TPSA) is 50.4 Å². The number of nitrogens with one attached hydrogen (secondary N) is 2. The summed E-state index contributed by atoms with van der Waals surface area (Å²) in [5, 5.41) is 6.31. The molecule has 1 unspecified atom stereocenters. The number of rotatable bonds is 4. The standard InChI is InChI=1S/C15H22N2O2/c1-11-5-3-7-14(9-11)19-12(2)15(18)17-13-6-4-8-16-10-13/h3,5,7,9,12-13,16H,4,6,8,10H2,1-2H3,(H,17,18)/t12?,13-/m0/s1. The van der Waals surface area contributed by atoms with E-state index < -0.39 is 6.10 Å². The highest BCUT2D eigenvalue weighted by molar-refractivity contribution is 5.81. The van der Waals surface area contributed by atoms with Gasteiger partial charge in [-0.25, -0.2) is 0 Å². The number of hydrogen-bond acceptors (Lipinski definition) is 3. The Morgan fingerprint density at radius 1 is 1.53 bits per heavy atom. The lowest BCUT2D eigenvalue weighted by Crippen LogP contribution is -2.49. The van der Waals surface area contributed by atoms with Crippen LogP contribution in [-0.4, -0.2) is 31.1 Å². The molecule has 1 aliphatic rings. The molecule has 0 radical (unpaired) electrons. The minimum atomic E-state index is -0.469. The molecule has 2 atom stereocenters. The van der Waals surface area contributed by atoms with Gasteiger partial charge in [-0.15, -0.1) is 0 Å². The first-order chi connectivity index (χ1) is 9.15. The second-order valence-electron chi connectivity index (χ2n) is 5.13. The fourth-order valence-corrected chi connectivity index (χ4v) is 2.24. The summed E-state index contributed by atoms with van der Waals surface area (Å²) in [4.78, 5) is 12.0. The molecule has 0 spiro atoms. The van der Waals surface area contributed by atoms with Gasteiger partial charge in [0.25, 0.3) is 5.91 Å². The Hall–Kier alpha value is -1.55. The van der Waals surface area contributed by atoms with Gasteiger partial charge in [0.15, 0.2) is 6.10 Å². The van der Waals surface area contributed by atoms with E-state index in [1.54, 1.807) is 6.92 Å². The van der Waals surface area contributed by atoms with Gasteiger partial charge in [-0.3, -0.25) is 4.79 Å². The molecule has 1 aromatic carbocycles. The van der Waals surface area contributed by atoms with Crippen LogP contribution in [0.3, 0.4) is 0 Å². The summed E-state index contributed by atoms with van der Waals surface area (Å²) in [6.07, 6.45) is 1.68. The number of amides is 1. The van der Waals surface area contributed by atoms with Crippen molar-refractivity contribution in [2.75, 3.05) is 13.1 Å². The second-order valence-corrected chi connectivity index (χ2v) is 5.13. The zero-order chi connectivity index (χ0) is 13.7. The van der Waals surface area contributed by atoms with Crippen molar-refractivity contribution in [3.63, 3.8) is 0 Å². The van der Waals surface area contributed by atoms with Gasteiger partial charge in [-0.05, 0) is 50.9 Å². The van der Waals surface area contributed by atoms with Crippen LogP contribution in [-0.2, 0) is 4.79 Å². The minimum absolute atomic E-state index is 0.0461. The SMILES string of the molecule is Cc1cccc(OC(C)C(=O)N[C@H]2CCCNC2)c1. The molecule has 4 heteroatoms. The Morgan fingerprint density at radius 2 is 2.37 bits per heavy atom. The van der Waals surface area contributed by atoms with Gasteiger partial charge in [0.2, 0.25) is 0 Å². The van der Waals surface area contributed by atoms with E-state index in [-0.39, 0.29) is 11.9 Å². The van der Waals surface area contributed by atoms with E-state index in [1.165, 1.54) is 0 Å². The van der Waals surface area contributed by atoms with Crippen LogP contribution in [0.15, 0.2) is 24.3 Å². The van der Waals surface area contributed by atoms with Crippen LogP contribution < -0.4 is 15.4 Å². The lowest BCUT2D eigenvalue weighted by atomic mass is 10.1. The summed E-state index contributed by atoms with van der Waals surface area (Å²) in [7, 11) is 0. The van der Waals surface area contributed by atoms with Crippen LogP contribution in [0.1, 0.15) is 25.3 Å². The van der Waals surface area contributed by atoms with Gasteiger partial charge in [0.05, 0.1) is 0 Å². The van der Waals surface area contributed by atoms with Crippen molar-refractivity contribution in [1.82, 2.24) is 10.6 Å². The Labute approximate surface area is 114 Å². The lowest BCUT2D eigenvalue weighted by Gasteiger charge is -2.25. The van der Waals surface area contributed by atoms with Crippen molar-refractivity contribution >= 4 is 5.91 Å². The normalized spacial score (nSPS) is 20.6. The molecule has 0 aromatic heterocycles. The van der Waals surface area contributed by atoms with E-state index in [9.17, 15) is 4.79 Å². The summed E-state index contributed by atoms with van der Waals surface area (Å²) < 4.78 is 5.67. The molecule has 0 bridgehead atoms. The molecule has 19 heavy (non-hydrogen) atoms. The summed E-state index contributed by atoms with van der Waals surface area (Å²) in [6.45, 7) is 5.68. The van der Waals surface area contributed by atoms with Gasteiger partial charge >= 0.3 is 0 Å². The molecule has 4 nitrogen and oxygen atoms in total. The highest BCUT2D eigenvalue weighted by Gasteiger charge is 2.20. The van der Waals surface area contributed by atoms with Gasteiger partial charge in [0, 0.05) is 12.6 Å². The molecule has 2 N–H and O–H groups in total. The average Bonchev–Trinajstić information content (AvgIpc) is 2.40. The smallest absolute Gasteiger partial charge is 0.261 e. The largest absolute Gasteiger partial charge is 0.481 e. The number of carbonyl (C=O) groups is 1. The van der Waals surface area contributed by atoms with Gasteiger partial charge in [-0.2, -0.15) is 0 Å². The third kappa shape index (κ3) is 4.24. The quantitative estimate of drug-likeness (QED) is 0.867. The highest BCUT2D eigenvalue weighted by atomic mass is 16.5. The van der Waals surface area contributed by atoms with Crippen LogP contribution in [0.25, 0.3) is 0 Å². The van der Waals surface area contributed by atoms with E-state index in [0.29, 0.717) is 0 Å². The fraction of sp³-hybridized carbons (Fsp3) is 0.533. The summed E-state index contributed by atoms with van der Waals surface area (Å²) >= 11 is 0. The van der Waals surface area contributed by atoms with Gasteiger partial charge in [-0.1, -0.05) is 12.1 Å². The van der Waals surface area contributed by atoms with Crippen LogP contribution >= 0.6 is 0 Å². The third-order valence-electron chi connectivity index (χ3n) is 3.31. The molecule has 1 aliphatic heterocycles. The van der Waals surface area contributed by atoms with E-state index in [2.05, 4.69) is 10.6 Å². The Morgan fingerprint density at radius 3 is 3.05 bits per heavy atom. The van der Waals surface area contributed by atoms with Crippen molar-refractivity contribution in [3.05, 3.63) is 29.8 Å². The zero-order valence-corrected chi connectivity index (χ0v) is 11.6. The number of piperidine rings is 1. The molecule has 1 aromatic rings. The minimum Gasteiger partial charge on any atom is -0.481 e. The highest BCUT2D eigenvalue weighted by Crippen LogP contribution is 2.14. The molecule has 0 aliphatic carbocycles. The van der Waals surface area contributed by atoms with Crippen LogP contribution in [0.4, 0.5) is 0 Å². The first-order valence-corrected chi connectivity index (χ1v) is 6.89. The lowest BCUT2D eigenvalue weighted by molar-refractivity contribution is -0.128. The first kappa shape index (κ1) is 13.9. The number of aryl methyl sites for hydroxylation is 1. The Balaban J connectivity index is 1.84. The summed E-state index contributed by atoms with van der Waals surface area (Å²) in [5.74, 6) is 0.694. The molecule has 0 saturated carbocycles. The molecular formula is C15H22N2O2. The number of hydrogen-bond donors (Lipinski definition) is 2. The van der Waals surface area contributed by atoms with Crippen molar-refractivity contribution in [2.45, 2.75) is 38.8 Å². The van der Waals surface area contributed by atoms with Crippen molar-refractivity contribution in [3.8, 4) is 5.75 Å². The number of ether oxygens (including phenoxy) is 1. The van der Waals surface area contributed by atoms with E-state index >= 15 is 0 Å². The van der Waals surface area contributed by atoms with Crippen molar-refractivity contribution in [2.24, 2.45) is 0 Å². The number of benzene rings is 1. The van der Waals surface area contributed by atoms with E-state index in [0.717, 1.165) is 37.2 Å². The van der Waals surface area contributed by atoms with Crippen LogP contribution in [0.5, 0.6) is 5.75 Å².